The van der Waals surface area contributed by atoms with E-state index in [-0.39, 0.29) is 0 Å². The summed E-state index contributed by atoms with van der Waals surface area (Å²) in [6, 6.07) is 32.2. The fourth-order valence-electron chi connectivity index (χ4n) is 2.21. The largest absolute Gasteiger partial charge is 0.356 e. The van der Waals surface area contributed by atoms with Crippen LogP contribution in [0.4, 0.5) is 11.4 Å². The molecule has 0 aliphatic heterocycles. The second kappa shape index (κ2) is 10.1. The summed E-state index contributed by atoms with van der Waals surface area (Å²) in [6.07, 6.45) is 3.62. The van der Waals surface area contributed by atoms with Crippen LogP contribution < -0.4 is 16.2 Å². The number of pyridine rings is 2. The van der Waals surface area contributed by atoms with Gasteiger partial charge >= 0.3 is 0 Å². The highest BCUT2D eigenvalue weighted by Crippen LogP contribution is 2.14. The average molecular weight is 357 g/mol. The summed E-state index contributed by atoms with van der Waals surface area (Å²) in [6.45, 7) is 0. The maximum atomic E-state index is 4.25. The van der Waals surface area contributed by atoms with Gasteiger partial charge in [-0.1, -0.05) is 48.5 Å². The number of hydrogen-bond donors (Lipinski definition) is 1. The van der Waals surface area contributed by atoms with Gasteiger partial charge in [-0.15, -0.1) is 0 Å². The molecule has 4 aromatic rings. The van der Waals surface area contributed by atoms with Crippen LogP contribution >= 0.6 is 8.58 Å². The zero-order valence-electron chi connectivity index (χ0n) is 14.3. The van der Waals surface area contributed by atoms with Crippen LogP contribution in [-0.2, 0) is 0 Å². The van der Waals surface area contributed by atoms with Gasteiger partial charge in [0, 0.05) is 23.8 Å². The lowest BCUT2D eigenvalue weighted by Gasteiger charge is -2.04. The van der Waals surface area contributed by atoms with Crippen LogP contribution in [-0.4, -0.2) is 9.97 Å². The molecule has 1 N–H and O–H groups in total. The smallest absolute Gasteiger partial charge is 0.0661 e. The van der Waals surface area contributed by atoms with E-state index in [1.165, 1.54) is 0 Å². The Bertz CT molecular complexity index is 718. The molecule has 4 rings (SSSR count). The van der Waals surface area contributed by atoms with Crippen molar-refractivity contribution in [1.82, 2.24) is 9.97 Å². The molecule has 128 valence electrons. The van der Waals surface area contributed by atoms with E-state index in [9.17, 15) is 0 Å². The first-order chi connectivity index (χ1) is 12.9. The molecule has 0 saturated heterocycles. The zero-order valence-corrected chi connectivity index (χ0v) is 15.3. The minimum atomic E-state index is 0.555. The fourth-order valence-corrected chi connectivity index (χ4v) is 3.11. The summed E-state index contributed by atoms with van der Waals surface area (Å²) in [7, 11) is 0.555. The number of rotatable bonds is 4. The second-order valence-corrected chi connectivity index (χ2v) is 6.69. The SMILES string of the molecule is c1ccc(Nc2ccccc2)cc1.c1ccc(Pc2ccccn2)nc1. The minimum Gasteiger partial charge on any atom is -0.356 e. The first kappa shape index (κ1) is 17.8. The van der Waals surface area contributed by atoms with E-state index < -0.39 is 0 Å². The lowest BCUT2D eigenvalue weighted by Crippen LogP contribution is -2.08. The third kappa shape index (κ3) is 6.12. The van der Waals surface area contributed by atoms with Gasteiger partial charge in [0.25, 0.3) is 0 Å². The molecular weight excluding hydrogens is 337 g/mol. The molecule has 0 unspecified atom stereocenters. The van der Waals surface area contributed by atoms with Gasteiger partial charge in [0.05, 0.1) is 10.9 Å². The Morgan fingerprint density at radius 1 is 0.500 bits per heavy atom. The number of nitrogens with zero attached hydrogens (tertiary/aromatic N) is 2. The maximum absolute atomic E-state index is 4.25. The third-order valence-corrected chi connectivity index (χ3v) is 4.53. The standard InChI is InChI=1S/C12H11N.C10H9N2P/c1-3-7-11(8-4-1)13-12-9-5-2-6-10-12;1-3-7-11-9(5-1)13-10-6-2-4-8-12-10/h1-10,13H;1-8,13H. The van der Waals surface area contributed by atoms with Gasteiger partial charge in [-0.05, 0) is 57.1 Å². The molecule has 2 aromatic heterocycles. The van der Waals surface area contributed by atoms with Crippen molar-refractivity contribution in [2.75, 3.05) is 5.32 Å². The molecule has 0 aliphatic carbocycles. The van der Waals surface area contributed by atoms with Crippen LogP contribution in [0.25, 0.3) is 0 Å². The third-order valence-electron chi connectivity index (χ3n) is 3.42. The summed E-state index contributed by atoms with van der Waals surface area (Å²) in [5.74, 6) is 0. The molecule has 2 heterocycles. The minimum absolute atomic E-state index is 0.555. The molecule has 0 amide bonds. The molecule has 4 heteroatoms. The molecule has 0 atom stereocenters. The van der Waals surface area contributed by atoms with Crippen molar-refractivity contribution in [3.63, 3.8) is 0 Å². The number of anilines is 2. The number of benzene rings is 2. The zero-order chi connectivity index (χ0) is 17.9. The van der Waals surface area contributed by atoms with Gasteiger partial charge in [0.15, 0.2) is 0 Å². The Morgan fingerprint density at radius 2 is 0.923 bits per heavy atom. The predicted octanol–water partition coefficient (Wildman–Crippen LogP) is 4.54. The summed E-state index contributed by atoms with van der Waals surface area (Å²) < 4.78 is 0. The van der Waals surface area contributed by atoms with Crippen molar-refractivity contribution in [2.24, 2.45) is 0 Å². The van der Waals surface area contributed by atoms with Gasteiger partial charge in [-0.2, -0.15) is 0 Å². The van der Waals surface area contributed by atoms with Crippen molar-refractivity contribution < 1.29 is 0 Å². The molecule has 0 fully saturated rings. The monoisotopic (exact) mass is 357 g/mol. The van der Waals surface area contributed by atoms with E-state index in [0.29, 0.717) is 8.58 Å². The predicted molar refractivity (Wildman–Crippen MR) is 112 cm³/mol. The summed E-state index contributed by atoms with van der Waals surface area (Å²) in [5.41, 5.74) is 4.41. The van der Waals surface area contributed by atoms with Crippen molar-refractivity contribution in [1.29, 1.82) is 0 Å². The molecule has 0 spiro atoms. The number of nitrogens with one attached hydrogen (secondary N) is 1. The van der Waals surface area contributed by atoms with E-state index in [0.717, 1.165) is 22.2 Å². The highest BCUT2D eigenvalue weighted by molar-refractivity contribution is 7.54. The van der Waals surface area contributed by atoms with Crippen LogP contribution in [0.5, 0.6) is 0 Å². The fraction of sp³-hybridized carbons (Fsp3) is 0. The van der Waals surface area contributed by atoms with E-state index >= 15 is 0 Å². The molecule has 0 aliphatic rings. The first-order valence-electron chi connectivity index (χ1n) is 8.36. The van der Waals surface area contributed by atoms with E-state index in [1.54, 1.807) is 0 Å². The lowest BCUT2D eigenvalue weighted by atomic mass is 10.3. The lowest BCUT2D eigenvalue weighted by molar-refractivity contribution is 1.38. The van der Waals surface area contributed by atoms with E-state index in [2.05, 4.69) is 15.3 Å². The van der Waals surface area contributed by atoms with Crippen LogP contribution in [0.1, 0.15) is 0 Å². The topological polar surface area (TPSA) is 37.8 Å². The van der Waals surface area contributed by atoms with Crippen LogP contribution in [0.2, 0.25) is 0 Å². The highest BCUT2D eigenvalue weighted by atomic mass is 31.1. The Balaban J connectivity index is 0.000000151. The number of para-hydroxylation sites is 2. The Kier molecular flexibility index (Phi) is 6.89. The van der Waals surface area contributed by atoms with E-state index in [4.69, 9.17) is 0 Å². The van der Waals surface area contributed by atoms with Crippen molar-refractivity contribution in [2.45, 2.75) is 0 Å². The molecule has 0 bridgehead atoms. The van der Waals surface area contributed by atoms with Crippen molar-refractivity contribution >= 4 is 30.8 Å². The quantitative estimate of drug-likeness (QED) is 0.545. The second-order valence-electron chi connectivity index (χ2n) is 5.41. The molecule has 3 nitrogen and oxygen atoms in total. The Hall–Kier alpha value is -3.03. The van der Waals surface area contributed by atoms with E-state index in [1.807, 2.05) is 109 Å². The van der Waals surface area contributed by atoms with Gasteiger partial charge in [0.1, 0.15) is 0 Å². The van der Waals surface area contributed by atoms with Crippen LogP contribution in [0.3, 0.4) is 0 Å². The number of aromatic nitrogens is 2. The maximum Gasteiger partial charge on any atom is 0.0661 e. The normalized spacial score (nSPS) is 9.69. The molecule has 2 aromatic carbocycles. The molecular formula is C22H20N3P. The molecule has 26 heavy (non-hydrogen) atoms. The Morgan fingerprint density at radius 3 is 1.31 bits per heavy atom. The first-order valence-corrected chi connectivity index (χ1v) is 9.36. The summed E-state index contributed by atoms with van der Waals surface area (Å²) >= 11 is 0. The van der Waals surface area contributed by atoms with Gasteiger partial charge in [-0.3, -0.25) is 9.97 Å². The van der Waals surface area contributed by atoms with Crippen molar-refractivity contribution in [3.8, 4) is 0 Å². The summed E-state index contributed by atoms with van der Waals surface area (Å²) in [5, 5.41) is 3.30. The summed E-state index contributed by atoms with van der Waals surface area (Å²) in [4.78, 5) is 8.49. The van der Waals surface area contributed by atoms with Crippen molar-refractivity contribution in [3.05, 3.63) is 109 Å². The van der Waals surface area contributed by atoms with Gasteiger partial charge in [0.2, 0.25) is 0 Å². The Labute approximate surface area is 156 Å². The van der Waals surface area contributed by atoms with Crippen LogP contribution in [0.15, 0.2) is 109 Å². The van der Waals surface area contributed by atoms with Gasteiger partial charge in [-0.25, -0.2) is 0 Å². The number of hydrogen-bond acceptors (Lipinski definition) is 3. The van der Waals surface area contributed by atoms with Crippen LogP contribution in [0, 0.1) is 0 Å². The van der Waals surface area contributed by atoms with Gasteiger partial charge < -0.3 is 5.32 Å². The molecule has 0 saturated carbocycles. The molecule has 0 radical (unpaired) electrons. The average Bonchev–Trinajstić information content (AvgIpc) is 2.72. The highest BCUT2D eigenvalue weighted by Gasteiger charge is 1.95.